The SMILES string of the molecule is CC(C)(C)c1ccnc(-n2c3[c-]c(Oc4[c-]c(-n5[c-][n+](-c6ccccc6)c6ccccc65)ccc4)ccc3c3ccc(-c4ccccc4)cc32)c1.[Pt]. The Morgan fingerprint density at radius 2 is 1.37 bits per heavy atom. The van der Waals surface area contributed by atoms with Crippen molar-refractivity contribution in [3.8, 4) is 39.8 Å². The van der Waals surface area contributed by atoms with Crippen LogP contribution in [0.1, 0.15) is 26.3 Å². The van der Waals surface area contributed by atoms with Gasteiger partial charge < -0.3 is 13.9 Å². The number of hydrogen-bond acceptors (Lipinski definition) is 2. The summed E-state index contributed by atoms with van der Waals surface area (Å²) in [6, 6.07) is 57.1. The van der Waals surface area contributed by atoms with Crippen molar-refractivity contribution < 1.29 is 30.4 Å². The van der Waals surface area contributed by atoms with Crippen LogP contribution in [-0.2, 0) is 26.5 Å². The fourth-order valence-electron chi connectivity index (χ4n) is 6.79. The van der Waals surface area contributed by atoms with Gasteiger partial charge in [0.15, 0.2) is 0 Å². The molecular weight excluding hydrogens is 820 g/mol. The van der Waals surface area contributed by atoms with Gasteiger partial charge in [-0.05, 0) is 63.5 Å². The Morgan fingerprint density at radius 3 is 2.17 bits per heavy atom. The van der Waals surface area contributed by atoms with Gasteiger partial charge in [-0.3, -0.25) is 4.57 Å². The largest absolute Gasteiger partial charge is 0.510 e. The molecule has 52 heavy (non-hydrogen) atoms. The maximum atomic E-state index is 6.53. The zero-order valence-corrected chi connectivity index (χ0v) is 31.2. The molecular formula is C46H34N4OPt-2. The molecule has 6 aromatic carbocycles. The Balaban J connectivity index is 0.00000387. The second-order valence-electron chi connectivity index (χ2n) is 13.8. The molecule has 3 heterocycles. The van der Waals surface area contributed by atoms with Crippen LogP contribution in [0.3, 0.4) is 0 Å². The molecule has 0 aliphatic heterocycles. The van der Waals surface area contributed by atoms with Crippen molar-refractivity contribution in [1.82, 2.24) is 14.1 Å². The minimum atomic E-state index is -0.0344. The zero-order chi connectivity index (χ0) is 34.5. The van der Waals surface area contributed by atoms with Gasteiger partial charge in [0.25, 0.3) is 6.33 Å². The molecule has 256 valence electrons. The molecule has 0 N–H and O–H groups in total. The molecule has 0 atom stereocenters. The Kier molecular flexibility index (Phi) is 8.61. The molecule has 9 aromatic rings. The monoisotopic (exact) mass is 853 g/mol. The van der Waals surface area contributed by atoms with E-state index in [1.54, 1.807) is 0 Å². The second kappa shape index (κ2) is 13.4. The fourth-order valence-corrected chi connectivity index (χ4v) is 6.79. The van der Waals surface area contributed by atoms with Crippen LogP contribution in [0.25, 0.3) is 61.2 Å². The summed E-state index contributed by atoms with van der Waals surface area (Å²) in [4.78, 5) is 4.89. The van der Waals surface area contributed by atoms with E-state index in [1.165, 1.54) is 5.56 Å². The van der Waals surface area contributed by atoms with Crippen LogP contribution in [0.5, 0.6) is 11.5 Å². The number of nitrogens with zero attached hydrogens (tertiary/aromatic N) is 4. The van der Waals surface area contributed by atoms with E-state index in [2.05, 4.69) is 133 Å². The summed E-state index contributed by atoms with van der Waals surface area (Å²) in [5, 5.41) is 2.21. The molecule has 0 bridgehead atoms. The van der Waals surface area contributed by atoms with Crippen LogP contribution in [0.4, 0.5) is 0 Å². The third kappa shape index (κ3) is 6.01. The summed E-state index contributed by atoms with van der Waals surface area (Å²) < 4.78 is 12.8. The molecule has 0 amide bonds. The van der Waals surface area contributed by atoms with Gasteiger partial charge in [0.05, 0.1) is 16.7 Å². The minimum absolute atomic E-state index is 0. The molecule has 0 radical (unpaired) electrons. The fraction of sp³-hybridized carbons (Fsp3) is 0.0870. The van der Waals surface area contributed by atoms with E-state index < -0.39 is 0 Å². The van der Waals surface area contributed by atoms with Crippen molar-refractivity contribution in [3.05, 3.63) is 176 Å². The van der Waals surface area contributed by atoms with Gasteiger partial charge in [0.2, 0.25) is 0 Å². The Bertz CT molecular complexity index is 2710. The van der Waals surface area contributed by atoms with Crippen molar-refractivity contribution in [2.75, 3.05) is 0 Å². The van der Waals surface area contributed by atoms with Crippen LogP contribution >= 0.6 is 0 Å². The summed E-state index contributed by atoms with van der Waals surface area (Å²) in [5.74, 6) is 2.02. The molecule has 0 aliphatic rings. The minimum Gasteiger partial charge on any atom is -0.510 e. The molecule has 0 saturated carbocycles. The molecule has 6 heteroatoms. The van der Waals surface area contributed by atoms with Crippen molar-refractivity contribution in [2.24, 2.45) is 0 Å². The summed E-state index contributed by atoms with van der Waals surface area (Å²) >= 11 is 0. The number of pyridine rings is 1. The summed E-state index contributed by atoms with van der Waals surface area (Å²) in [7, 11) is 0. The number of fused-ring (bicyclic) bond motifs is 4. The van der Waals surface area contributed by atoms with Gasteiger partial charge >= 0.3 is 0 Å². The standard InChI is InChI=1S/C46H34N4O.Pt/c1-46(2,3)34-25-26-47-45(28-34)50-43-27-33(32-13-6-4-7-14-32)21-23-39(43)40-24-22-38(30-44(40)50)51-37-18-12-17-36(29-37)49-31-48(35-15-8-5-9-16-35)41-19-10-11-20-42(41)49;/h4-28H,1-3H3;/q-2;. The topological polar surface area (TPSA) is 35.9 Å². The van der Waals surface area contributed by atoms with Crippen molar-refractivity contribution in [2.45, 2.75) is 26.2 Å². The van der Waals surface area contributed by atoms with E-state index >= 15 is 0 Å². The van der Waals surface area contributed by atoms with Crippen molar-refractivity contribution in [3.63, 3.8) is 0 Å². The molecule has 0 unspecified atom stereocenters. The quantitative estimate of drug-likeness (QED) is 0.123. The Labute approximate surface area is 317 Å². The zero-order valence-electron chi connectivity index (χ0n) is 28.9. The third-order valence-corrected chi connectivity index (χ3v) is 9.39. The number of para-hydroxylation sites is 3. The van der Waals surface area contributed by atoms with E-state index in [-0.39, 0.29) is 26.5 Å². The van der Waals surface area contributed by atoms with Gasteiger partial charge in [-0.15, -0.1) is 29.7 Å². The van der Waals surface area contributed by atoms with Gasteiger partial charge in [-0.1, -0.05) is 111 Å². The van der Waals surface area contributed by atoms with Crippen molar-refractivity contribution >= 4 is 32.8 Å². The number of aromatic nitrogens is 4. The van der Waals surface area contributed by atoms with E-state index in [4.69, 9.17) is 9.72 Å². The number of benzene rings is 6. The average molecular weight is 854 g/mol. The molecule has 0 aliphatic carbocycles. The molecule has 5 nitrogen and oxygen atoms in total. The van der Waals surface area contributed by atoms with E-state index in [0.29, 0.717) is 11.5 Å². The predicted molar refractivity (Wildman–Crippen MR) is 204 cm³/mol. The summed E-state index contributed by atoms with van der Waals surface area (Å²) in [6.45, 7) is 6.68. The Morgan fingerprint density at radius 1 is 0.635 bits per heavy atom. The van der Waals surface area contributed by atoms with Crippen LogP contribution < -0.4 is 9.30 Å². The Hall–Kier alpha value is -5.77. The van der Waals surface area contributed by atoms with Crippen molar-refractivity contribution in [1.29, 1.82) is 0 Å². The molecule has 0 spiro atoms. The van der Waals surface area contributed by atoms with Crippen LogP contribution in [-0.4, -0.2) is 14.1 Å². The van der Waals surface area contributed by atoms with Gasteiger partial charge in [-0.2, -0.15) is 18.2 Å². The normalized spacial score (nSPS) is 11.6. The summed E-state index contributed by atoms with van der Waals surface area (Å²) in [6.07, 6.45) is 5.44. The summed E-state index contributed by atoms with van der Waals surface area (Å²) in [5.41, 5.74) is 9.38. The van der Waals surface area contributed by atoms with Gasteiger partial charge in [0.1, 0.15) is 5.82 Å². The number of rotatable bonds is 6. The maximum absolute atomic E-state index is 6.53. The van der Waals surface area contributed by atoms with Crippen LogP contribution in [0.2, 0.25) is 0 Å². The second-order valence-corrected chi connectivity index (χ2v) is 13.8. The maximum Gasteiger partial charge on any atom is 0.268 e. The van der Waals surface area contributed by atoms with Gasteiger partial charge in [0, 0.05) is 44.3 Å². The first-order valence-electron chi connectivity index (χ1n) is 17.1. The third-order valence-electron chi connectivity index (χ3n) is 9.39. The first-order valence-corrected chi connectivity index (χ1v) is 17.1. The van der Waals surface area contributed by atoms with Gasteiger partial charge in [-0.25, -0.2) is 4.98 Å². The first-order chi connectivity index (χ1) is 24.9. The molecule has 3 aromatic heterocycles. The average Bonchev–Trinajstić information content (AvgIpc) is 3.71. The molecule has 9 rings (SSSR count). The van der Waals surface area contributed by atoms with Crippen LogP contribution in [0, 0.1) is 18.5 Å². The molecule has 0 fully saturated rings. The predicted octanol–water partition coefficient (Wildman–Crippen LogP) is 10.6. The molecule has 0 saturated heterocycles. The number of hydrogen-bond donors (Lipinski definition) is 0. The number of ether oxygens (including phenoxy) is 1. The number of imidazole rings is 1. The first kappa shape index (κ1) is 33.4. The van der Waals surface area contributed by atoms with E-state index in [0.717, 1.165) is 61.2 Å². The smallest absolute Gasteiger partial charge is 0.268 e. The van der Waals surface area contributed by atoms with E-state index in [9.17, 15) is 0 Å². The van der Waals surface area contributed by atoms with Crippen LogP contribution in [0.15, 0.2) is 152 Å². The van der Waals surface area contributed by atoms with E-state index in [1.807, 2.05) is 71.4 Å².